The van der Waals surface area contributed by atoms with Crippen LogP contribution in [0.4, 0.5) is 0 Å². The number of fused-ring (bicyclic) bond motifs is 1. The van der Waals surface area contributed by atoms with E-state index in [-0.39, 0.29) is 11.9 Å². The van der Waals surface area contributed by atoms with Crippen molar-refractivity contribution in [2.45, 2.75) is 32.8 Å². The van der Waals surface area contributed by atoms with Crippen molar-refractivity contribution in [3.8, 4) is 28.0 Å². The molecule has 4 nitrogen and oxygen atoms in total. The highest BCUT2D eigenvalue weighted by Gasteiger charge is 2.25. The van der Waals surface area contributed by atoms with Crippen molar-refractivity contribution in [3.63, 3.8) is 0 Å². The van der Waals surface area contributed by atoms with Gasteiger partial charge in [-0.25, -0.2) is 4.79 Å². The lowest BCUT2D eigenvalue weighted by Crippen LogP contribution is -2.30. The predicted molar refractivity (Wildman–Crippen MR) is 168 cm³/mol. The third-order valence-electron chi connectivity index (χ3n) is 6.79. The van der Waals surface area contributed by atoms with Gasteiger partial charge < -0.3 is 13.9 Å². The topological polar surface area (TPSA) is 48.7 Å². The lowest BCUT2D eigenvalue weighted by molar-refractivity contribution is -0.149. The maximum atomic E-state index is 12.3. The number of esters is 1. The van der Waals surface area contributed by atoms with Crippen molar-refractivity contribution in [1.29, 1.82) is 0 Å². The van der Waals surface area contributed by atoms with Crippen LogP contribution in [0.2, 0.25) is 0 Å². The van der Waals surface area contributed by atoms with Crippen LogP contribution in [0.3, 0.4) is 0 Å². The number of furan rings is 1. The molecule has 0 amide bonds. The molecule has 0 N–H and O–H groups in total. The molecular formula is C34H30Br2O4. The molecule has 0 aliphatic heterocycles. The van der Waals surface area contributed by atoms with Crippen LogP contribution in [-0.4, -0.2) is 19.2 Å². The fourth-order valence-corrected chi connectivity index (χ4v) is 6.25. The zero-order chi connectivity index (χ0) is 28.2. The van der Waals surface area contributed by atoms with Gasteiger partial charge in [-0.1, -0.05) is 86.6 Å². The summed E-state index contributed by atoms with van der Waals surface area (Å²) >= 11 is 7.31. The van der Waals surface area contributed by atoms with E-state index < -0.39 is 6.10 Å². The SMILES string of the molecule is COC(=O)[C@@H](CC(C)C)Oc1c(Br)cc(-c2ccc(-c3c(Cc4ccccc4)oc4ccccc34)cc2)cc1Br. The van der Waals surface area contributed by atoms with Gasteiger partial charge in [0.05, 0.1) is 16.1 Å². The standard InChI is InChI=1S/C34H30Br2O4/c1-21(2)17-31(34(37)38-3)40-33-27(35)19-25(20-28(33)36)23-13-15-24(16-14-23)32-26-11-7-8-12-29(26)39-30(32)18-22-9-5-4-6-10-22/h4-16,19-21,31H,17-18H2,1-3H3/t31-/m1/s1. The molecule has 1 atom stereocenters. The number of ether oxygens (including phenoxy) is 2. The van der Waals surface area contributed by atoms with Gasteiger partial charge in [0.25, 0.3) is 0 Å². The molecule has 0 bridgehead atoms. The largest absolute Gasteiger partial charge is 0.476 e. The van der Waals surface area contributed by atoms with Gasteiger partial charge in [-0.2, -0.15) is 0 Å². The van der Waals surface area contributed by atoms with E-state index in [4.69, 9.17) is 13.9 Å². The molecular weight excluding hydrogens is 632 g/mol. The summed E-state index contributed by atoms with van der Waals surface area (Å²) in [5.41, 5.74) is 6.39. The summed E-state index contributed by atoms with van der Waals surface area (Å²) in [5.74, 6) is 1.42. The first-order chi connectivity index (χ1) is 19.3. The van der Waals surface area contributed by atoms with E-state index in [9.17, 15) is 4.79 Å². The van der Waals surface area contributed by atoms with E-state index in [0.717, 1.165) is 54.3 Å². The Hall–Kier alpha value is -3.35. The number of carbonyl (C=O) groups excluding carboxylic acids is 1. The molecule has 0 unspecified atom stereocenters. The molecule has 6 heteroatoms. The number of halogens is 2. The second-order valence-electron chi connectivity index (χ2n) is 10.2. The number of hydrogen-bond donors (Lipinski definition) is 0. The van der Waals surface area contributed by atoms with Crippen LogP contribution in [0.15, 0.2) is 104 Å². The summed E-state index contributed by atoms with van der Waals surface area (Å²) in [7, 11) is 1.38. The first-order valence-electron chi connectivity index (χ1n) is 13.2. The van der Waals surface area contributed by atoms with E-state index in [1.165, 1.54) is 12.7 Å². The normalized spacial score (nSPS) is 12.1. The Balaban J connectivity index is 1.45. The number of rotatable bonds is 9. The van der Waals surface area contributed by atoms with E-state index in [0.29, 0.717) is 12.2 Å². The lowest BCUT2D eigenvalue weighted by Gasteiger charge is -2.21. The Morgan fingerprint density at radius 1 is 0.825 bits per heavy atom. The smallest absolute Gasteiger partial charge is 0.347 e. The minimum absolute atomic E-state index is 0.278. The van der Waals surface area contributed by atoms with Crippen LogP contribution < -0.4 is 4.74 Å². The van der Waals surface area contributed by atoms with Crippen molar-refractivity contribution >= 4 is 48.8 Å². The van der Waals surface area contributed by atoms with E-state index in [1.54, 1.807) is 0 Å². The van der Waals surface area contributed by atoms with Gasteiger partial charge in [0.1, 0.15) is 17.1 Å². The molecule has 5 aromatic rings. The van der Waals surface area contributed by atoms with Crippen molar-refractivity contribution < 1.29 is 18.7 Å². The van der Waals surface area contributed by atoms with Gasteiger partial charge in [-0.15, -0.1) is 0 Å². The second-order valence-corrected chi connectivity index (χ2v) is 11.9. The molecule has 0 aliphatic carbocycles. The average Bonchev–Trinajstić information content (AvgIpc) is 3.32. The number of carbonyl (C=O) groups is 1. The molecule has 1 aromatic heterocycles. The van der Waals surface area contributed by atoms with Crippen LogP contribution in [0.5, 0.6) is 5.75 Å². The van der Waals surface area contributed by atoms with Gasteiger partial charge in [0.2, 0.25) is 0 Å². The molecule has 0 radical (unpaired) electrons. The first-order valence-corrected chi connectivity index (χ1v) is 14.8. The zero-order valence-electron chi connectivity index (χ0n) is 22.6. The third kappa shape index (κ3) is 6.18. The second kappa shape index (κ2) is 12.4. The zero-order valence-corrected chi connectivity index (χ0v) is 25.8. The number of methoxy groups -OCH3 is 1. The summed E-state index contributed by atoms with van der Waals surface area (Å²) in [5, 5.41) is 1.11. The highest BCUT2D eigenvalue weighted by atomic mass is 79.9. The van der Waals surface area contributed by atoms with Crippen LogP contribution in [0.1, 0.15) is 31.6 Å². The maximum absolute atomic E-state index is 12.3. The predicted octanol–water partition coefficient (Wildman–Crippen LogP) is 9.85. The fraction of sp³-hybridized carbons (Fsp3) is 0.206. The van der Waals surface area contributed by atoms with Crippen LogP contribution in [-0.2, 0) is 16.0 Å². The van der Waals surface area contributed by atoms with Crippen molar-refractivity contribution in [1.82, 2.24) is 0 Å². The minimum Gasteiger partial charge on any atom is -0.476 e. The van der Waals surface area contributed by atoms with Gasteiger partial charge >= 0.3 is 5.97 Å². The Kier molecular flexibility index (Phi) is 8.77. The molecule has 204 valence electrons. The van der Waals surface area contributed by atoms with E-state index >= 15 is 0 Å². The molecule has 5 rings (SSSR count). The summed E-state index contributed by atoms with van der Waals surface area (Å²) in [6.07, 6.45) is 0.596. The first kappa shape index (κ1) is 28.2. The summed E-state index contributed by atoms with van der Waals surface area (Å²) in [4.78, 5) is 12.3. The Bertz CT molecular complexity index is 1600. The number of para-hydroxylation sites is 1. The van der Waals surface area contributed by atoms with Crippen LogP contribution >= 0.6 is 31.9 Å². The summed E-state index contributed by atoms with van der Waals surface area (Å²) < 4.78 is 18.9. The maximum Gasteiger partial charge on any atom is 0.347 e. The van der Waals surface area contributed by atoms with Crippen LogP contribution in [0.25, 0.3) is 33.2 Å². The molecule has 4 aromatic carbocycles. The van der Waals surface area contributed by atoms with Crippen LogP contribution in [0, 0.1) is 5.92 Å². The summed E-state index contributed by atoms with van der Waals surface area (Å²) in [6, 6.07) is 31.1. The molecule has 0 spiro atoms. The molecule has 0 aliphatic rings. The fourth-order valence-electron chi connectivity index (χ4n) is 4.88. The van der Waals surface area contributed by atoms with E-state index in [1.807, 2.05) is 50.2 Å². The van der Waals surface area contributed by atoms with Gasteiger partial charge in [0.15, 0.2) is 6.10 Å². The van der Waals surface area contributed by atoms with Gasteiger partial charge in [0, 0.05) is 17.4 Å². The van der Waals surface area contributed by atoms with E-state index in [2.05, 4.69) is 86.5 Å². The Morgan fingerprint density at radius 2 is 1.45 bits per heavy atom. The van der Waals surface area contributed by atoms with Gasteiger partial charge in [-0.05, 0) is 84.7 Å². The molecule has 1 heterocycles. The quantitative estimate of drug-likeness (QED) is 0.148. The third-order valence-corrected chi connectivity index (χ3v) is 7.97. The number of hydrogen-bond acceptors (Lipinski definition) is 4. The highest BCUT2D eigenvalue weighted by molar-refractivity contribution is 9.11. The average molecular weight is 662 g/mol. The Morgan fingerprint density at radius 3 is 2.10 bits per heavy atom. The van der Waals surface area contributed by atoms with Crippen molar-refractivity contribution in [2.75, 3.05) is 7.11 Å². The van der Waals surface area contributed by atoms with Crippen molar-refractivity contribution in [2.24, 2.45) is 5.92 Å². The minimum atomic E-state index is -0.683. The molecule has 0 fully saturated rings. The van der Waals surface area contributed by atoms with Crippen molar-refractivity contribution in [3.05, 3.63) is 111 Å². The molecule has 0 saturated carbocycles. The summed E-state index contributed by atoms with van der Waals surface area (Å²) in [6.45, 7) is 4.10. The van der Waals surface area contributed by atoms with Gasteiger partial charge in [-0.3, -0.25) is 0 Å². The highest BCUT2D eigenvalue weighted by Crippen LogP contribution is 2.41. The Labute approximate surface area is 251 Å². The number of benzene rings is 4. The molecule has 40 heavy (non-hydrogen) atoms. The monoisotopic (exact) mass is 660 g/mol. The lowest BCUT2D eigenvalue weighted by atomic mass is 9.96. The molecule has 0 saturated heterocycles.